The highest BCUT2D eigenvalue weighted by Gasteiger charge is 2.24. The lowest BCUT2D eigenvalue weighted by atomic mass is 9.99. The fourth-order valence-corrected chi connectivity index (χ4v) is 5.64. The van der Waals surface area contributed by atoms with E-state index in [-0.39, 0.29) is 5.91 Å². The van der Waals surface area contributed by atoms with E-state index in [2.05, 4.69) is 4.40 Å². The molecule has 35 heavy (non-hydrogen) atoms. The number of rotatable bonds is 5. The van der Waals surface area contributed by atoms with E-state index >= 15 is 0 Å². The van der Waals surface area contributed by atoms with Crippen molar-refractivity contribution >= 4 is 45.3 Å². The van der Waals surface area contributed by atoms with Crippen LogP contribution >= 0.6 is 11.8 Å². The van der Waals surface area contributed by atoms with E-state index in [1.807, 2.05) is 65.6 Å². The van der Waals surface area contributed by atoms with Crippen molar-refractivity contribution in [2.45, 2.75) is 18.1 Å². The molecular formula is C27H24N4O3S. The average Bonchev–Trinajstić information content (AvgIpc) is 3.30. The molecule has 0 fully saturated rings. The molecule has 0 unspecified atom stereocenters. The average molecular weight is 485 g/mol. The van der Waals surface area contributed by atoms with Crippen LogP contribution in [0.3, 0.4) is 0 Å². The molecule has 0 saturated carbocycles. The topological polar surface area (TPSA) is 69.0 Å². The summed E-state index contributed by atoms with van der Waals surface area (Å²) in [5.41, 5.74) is 5.93. The SMILES string of the molecule is COc1cc2c(cc1OC)CN(C(=O)CSc1nc3ccccc3c3nc4ccccc4n13)CC2. The zero-order chi connectivity index (χ0) is 23.9. The van der Waals surface area contributed by atoms with Gasteiger partial charge in [-0.1, -0.05) is 36.0 Å². The zero-order valence-electron chi connectivity index (χ0n) is 19.5. The smallest absolute Gasteiger partial charge is 0.233 e. The van der Waals surface area contributed by atoms with Gasteiger partial charge in [-0.05, 0) is 53.9 Å². The van der Waals surface area contributed by atoms with Gasteiger partial charge >= 0.3 is 0 Å². The lowest BCUT2D eigenvalue weighted by Gasteiger charge is -2.29. The van der Waals surface area contributed by atoms with Crippen LogP contribution in [0.15, 0.2) is 65.8 Å². The molecule has 1 amide bonds. The first kappa shape index (κ1) is 21.7. The molecule has 0 N–H and O–H groups in total. The summed E-state index contributed by atoms with van der Waals surface area (Å²) < 4.78 is 13.0. The minimum absolute atomic E-state index is 0.0861. The largest absolute Gasteiger partial charge is 0.493 e. The van der Waals surface area contributed by atoms with Gasteiger partial charge in [-0.3, -0.25) is 9.20 Å². The van der Waals surface area contributed by atoms with Crippen LogP contribution < -0.4 is 9.47 Å². The van der Waals surface area contributed by atoms with Crippen LogP contribution in [-0.2, 0) is 17.8 Å². The first-order chi connectivity index (χ1) is 17.2. The number of aromatic nitrogens is 3. The Morgan fingerprint density at radius 1 is 0.943 bits per heavy atom. The molecule has 0 bridgehead atoms. The predicted octanol–water partition coefficient (Wildman–Crippen LogP) is 4.73. The third kappa shape index (κ3) is 3.74. The number of para-hydroxylation sites is 3. The Morgan fingerprint density at radius 3 is 2.46 bits per heavy atom. The summed E-state index contributed by atoms with van der Waals surface area (Å²) in [7, 11) is 3.27. The lowest BCUT2D eigenvalue weighted by Crippen LogP contribution is -2.37. The maximum absolute atomic E-state index is 13.3. The van der Waals surface area contributed by atoms with Gasteiger partial charge in [0.1, 0.15) is 5.65 Å². The fraction of sp³-hybridized carbons (Fsp3) is 0.222. The molecule has 2 aromatic heterocycles. The van der Waals surface area contributed by atoms with Gasteiger partial charge in [-0.15, -0.1) is 0 Å². The van der Waals surface area contributed by atoms with Gasteiger partial charge in [-0.2, -0.15) is 0 Å². The lowest BCUT2D eigenvalue weighted by molar-refractivity contribution is -0.129. The number of carbonyl (C=O) groups is 1. The standard InChI is InChI=1S/C27H24N4O3S/c1-33-23-13-17-11-12-30(15-18(17)14-24(23)34-2)25(32)16-35-27-29-20-8-4-3-7-19(20)26-28-21-9-5-6-10-22(21)31(26)27/h3-10,13-14H,11-12,15-16H2,1-2H3. The Morgan fingerprint density at radius 2 is 1.66 bits per heavy atom. The van der Waals surface area contributed by atoms with Crippen LogP contribution in [0.25, 0.3) is 27.6 Å². The van der Waals surface area contributed by atoms with Gasteiger partial charge in [0, 0.05) is 18.5 Å². The van der Waals surface area contributed by atoms with Crippen LogP contribution in [0, 0.1) is 0 Å². The molecule has 0 aliphatic carbocycles. The Labute approximate surface area is 206 Å². The molecule has 0 spiro atoms. The van der Waals surface area contributed by atoms with Gasteiger partial charge in [0.05, 0.1) is 36.5 Å². The number of amides is 1. The normalized spacial score (nSPS) is 13.4. The molecule has 3 heterocycles. The quantitative estimate of drug-likeness (QED) is 0.265. The molecule has 0 saturated heterocycles. The summed E-state index contributed by atoms with van der Waals surface area (Å²) >= 11 is 1.46. The fourth-order valence-electron chi connectivity index (χ4n) is 4.72. The molecule has 5 aromatic rings. The number of carbonyl (C=O) groups excluding carboxylic acids is 1. The van der Waals surface area contributed by atoms with E-state index in [1.54, 1.807) is 14.2 Å². The Kier molecular flexibility index (Phi) is 5.45. The number of methoxy groups -OCH3 is 2. The van der Waals surface area contributed by atoms with Crippen molar-refractivity contribution in [3.63, 3.8) is 0 Å². The highest BCUT2D eigenvalue weighted by Crippen LogP contribution is 2.34. The summed E-state index contributed by atoms with van der Waals surface area (Å²) in [6, 6.07) is 20.0. The monoisotopic (exact) mass is 484 g/mol. The van der Waals surface area contributed by atoms with Crippen molar-refractivity contribution in [3.05, 3.63) is 71.8 Å². The summed E-state index contributed by atoms with van der Waals surface area (Å²) in [5.74, 6) is 1.79. The van der Waals surface area contributed by atoms with Gasteiger partial charge in [0.2, 0.25) is 5.91 Å². The van der Waals surface area contributed by atoms with E-state index in [0.29, 0.717) is 24.6 Å². The predicted molar refractivity (Wildman–Crippen MR) is 137 cm³/mol. The third-order valence-electron chi connectivity index (χ3n) is 6.51. The maximum atomic E-state index is 13.3. The number of imidazole rings is 1. The van der Waals surface area contributed by atoms with Gasteiger partial charge in [0.25, 0.3) is 0 Å². The minimum Gasteiger partial charge on any atom is -0.493 e. The molecular weight excluding hydrogens is 460 g/mol. The molecule has 7 nitrogen and oxygen atoms in total. The molecule has 1 aliphatic rings. The highest BCUT2D eigenvalue weighted by atomic mass is 32.2. The first-order valence-electron chi connectivity index (χ1n) is 11.5. The number of benzene rings is 3. The number of nitrogens with zero attached hydrogens (tertiary/aromatic N) is 4. The molecule has 8 heteroatoms. The summed E-state index contributed by atoms with van der Waals surface area (Å²) in [6.07, 6.45) is 0.788. The summed E-state index contributed by atoms with van der Waals surface area (Å²) in [4.78, 5) is 24.9. The molecule has 0 radical (unpaired) electrons. The molecule has 0 atom stereocenters. The van der Waals surface area contributed by atoms with Crippen LogP contribution in [0.1, 0.15) is 11.1 Å². The zero-order valence-corrected chi connectivity index (χ0v) is 20.3. The number of thioether (sulfide) groups is 1. The van der Waals surface area contributed by atoms with Crippen LogP contribution in [0.4, 0.5) is 0 Å². The number of hydrogen-bond donors (Lipinski definition) is 0. The van der Waals surface area contributed by atoms with E-state index in [0.717, 1.165) is 50.5 Å². The first-order valence-corrected chi connectivity index (χ1v) is 12.4. The molecule has 6 rings (SSSR count). The van der Waals surface area contributed by atoms with E-state index in [4.69, 9.17) is 19.4 Å². The van der Waals surface area contributed by atoms with Crippen molar-refractivity contribution < 1.29 is 14.3 Å². The summed E-state index contributed by atoms with van der Waals surface area (Å²) in [5, 5.41) is 1.76. The van der Waals surface area contributed by atoms with Crippen LogP contribution in [-0.4, -0.2) is 51.7 Å². The molecule has 176 valence electrons. The molecule has 1 aliphatic heterocycles. The van der Waals surface area contributed by atoms with Crippen molar-refractivity contribution in [1.82, 2.24) is 19.3 Å². The second-order valence-electron chi connectivity index (χ2n) is 8.50. The van der Waals surface area contributed by atoms with Gasteiger partial charge < -0.3 is 14.4 Å². The van der Waals surface area contributed by atoms with Gasteiger partial charge in [-0.25, -0.2) is 9.97 Å². The Bertz CT molecular complexity index is 1600. The summed E-state index contributed by atoms with van der Waals surface area (Å²) in [6.45, 7) is 1.24. The van der Waals surface area contributed by atoms with Crippen molar-refractivity contribution in [3.8, 4) is 11.5 Å². The third-order valence-corrected chi connectivity index (χ3v) is 7.43. The maximum Gasteiger partial charge on any atom is 0.233 e. The van der Waals surface area contributed by atoms with E-state index in [9.17, 15) is 4.79 Å². The number of hydrogen-bond acceptors (Lipinski definition) is 6. The van der Waals surface area contributed by atoms with E-state index in [1.165, 1.54) is 17.3 Å². The Hall–Kier alpha value is -3.78. The highest BCUT2D eigenvalue weighted by molar-refractivity contribution is 7.99. The van der Waals surface area contributed by atoms with Crippen LogP contribution in [0.2, 0.25) is 0 Å². The molecule has 3 aromatic carbocycles. The van der Waals surface area contributed by atoms with E-state index < -0.39 is 0 Å². The number of ether oxygens (including phenoxy) is 2. The second-order valence-corrected chi connectivity index (χ2v) is 9.44. The van der Waals surface area contributed by atoms with Gasteiger partial charge in [0.15, 0.2) is 16.7 Å². The van der Waals surface area contributed by atoms with Crippen molar-refractivity contribution in [1.29, 1.82) is 0 Å². The van der Waals surface area contributed by atoms with Crippen molar-refractivity contribution in [2.75, 3.05) is 26.5 Å². The minimum atomic E-state index is 0.0861. The number of fused-ring (bicyclic) bond motifs is 6. The van der Waals surface area contributed by atoms with Crippen molar-refractivity contribution in [2.24, 2.45) is 0 Å². The second kappa shape index (κ2) is 8.78. The Balaban J connectivity index is 1.29. The van der Waals surface area contributed by atoms with Crippen LogP contribution in [0.5, 0.6) is 11.5 Å².